The summed E-state index contributed by atoms with van der Waals surface area (Å²) in [6, 6.07) is 6.55. The number of nitrogens with one attached hydrogen (secondary N) is 3. The van der Waals surface area contributed by atoms with Gasteiger partial charge in [-0.1, -0.05) is 0 Å². The molecule has 5 rings (SSSR count). The van der Waals surface area contributed by atoms with E-state index in [2.05, 4.69) is 30.9 Å². The van der Waals surface area contributed by atoms with Crippen molar-refractivity contribution in [2.75, 3.05) is 35.2 Å². The van der Waals surface area contributed by atoms with Crippen molar-refractivity contribution in [1.82, 2.24) is 25.2 Å². The molecule has 1 saturated heterocycles. The van der Waals surface area contributed by atoms with E-state index in [1.807, 2.05) is 37.5 Å². The van der Waals surface area contributed by atoms with Crippen LogP contribution in [0.3, 0.4) is 0 Å². The first-order valence-corrected chi connectivity index (χ1v) is 12.4. The van der Waals surface area contributed by atoms with Crippen LogP contribution in [0.2, 0.25) is 0 Å². The molecule has 2 atom stereocenters. The Morgan fingerprint density at radius 3 is 2.65 bits per heavy atom. The monoisotopic (exact) mass is 508 g/mol. The van der Waals surface area contributed by atoms with E-state index in [4.69, 9.17) is 0 Å². The Bertz CT molecular complexity index is 1320. The Balaban J connectivity index is 1.38. The lowest BCUT2D eigenvalue weighted by atomic mass is 10.1. The molecule has 1 aromatic carbocycles. The van der Waals surface area contributed by atoms with Crippen molar-refractivity contribution in [2.45, 2.75) is 45.9 Å². The van der Waals surface area contributed by atoms with E-state index >= 15 is 0 Å². The number of benzene rings is 1. The summed E-state index contributed by atoms with van der Waals surface area (Å²) in [5.41, 5.74) is 1.81. The third-order valence-electron chi connectivity index (χ3n) is 6.70. The molecule has 3 N–H and O–H groups in total. The maximum Gasteiger partial charge on any atom is 0.255 e. The maximum absolute atomic E-state index is 15.0. The van der Waals surface area contributed by atoms with E-state index in [1.165, 1.54) is 12.3 Å². The fourth-order valence-electron chi connectivity index (χ4n) is 4.94. The number of anilines is 4. The number of aromatic nitrogens is 3. The third kappa shape index (κ3) is 4.78. The number of carbonyl (C=O) groups is 1. The maximum atomic E-state index is 15.0. The van der Waals surface area contributed by atoms with Gasteiger partial charge in [-0.15, -0.1) is 0 Å². The molecule has 1 fully saturated rings. The first-order valence-electron chi connectivity index (χ1n) is 12.4. The molecule has 1 amide bonds. The van der Waals surface area contributed by atoms with Crippen LogP contribution in [0, 0.1) is 11.6 Å². The van der Waals surface area contributed by atoms with Crippen LogP contribution in [0.1, 0.15) is 38.1 Å². The molecule has 2 aliphatic heterocycles. The van der Waals surface area contributed by atoms with Crippen LogP contribution in [-0.2, 0) is 0 Å². The number of pyridine rings is 1. The van der Waals surface area contributed by atoms with Crippen molar-refractivity contribution in [2.24, 2.45) is 0 Å². The Hall–Kier alpha value is -3.86. The Morgan fingerprint density at radius 1 is 1.14 bits per heavy atom. The second-order valence-electron chi connectivity index (χ2n) is 9.67. The summed E-state index contributed by atoms with van der Waals surface area (Å²) in [4.78, 5) is 29.3. The summed E-state index contributed by atoms with van der Waals surface area (Å²) < 4.78 is 29.8. The van der Waals surface area contributed by atoms with Crippen molar-refractivity contribution in [1.29, 1.82) is 0 Å². The predicted octanol–water partition coefficient (Wildman–Crippen LogP) is 3.98. The molecule has 0 spiro atoms. The van der Waals surface area contributed by atoms with Gasteiger partial charge in [-0.25, -0.2) is 23.7 Å². The topological polar surface area (TPSA) is 98.3 Å². The summed E-state index contributed by atoms with van der Waals surface area (Å²) in [5, 5.41) is 9.35. The quantitative estimate of drug-likeness (QED) is 0.476. The highest BCUT2D eigenvalue weighted by Gasteiger charge is 2.31. The highest BCUT2D eigenvalue weighted by molar-refractivity contribution is 5.94. The lowest BCUT2D eigenvalue weighted by molar-refractivity contribution is 0.0655. The summed E-state index contributed by atoms with van der Waals surface area (Å²) in [7, 11) is 0. The second kappa shape index (κ2) is 9.89. The van der Waals surface area contributed by atoms with Gasteiger partial charge < -0.3 is 25.8 Å². The van der Waals surface area contributed by atoms with Gasteiger partial charge >= 0.3 is 0 Å². The Labute approximate surface area is 214 Å². The van der Waals surface area contributed by atoms with E-state index in [0.29, 0.717) is 34.9 Å². The van der Waals surface area contributed by atoms with Crippen molar-refractivity contribution < 1.29 is 13.6 Å². The molecule has 9 nitrogen and oxygen atoms in total. The van der Waals surface area contributed by atoms with Crippen LogP contribution in [0.4, 0.5) is 31.9 Å². The van der Waals surface area contributed by atoms with Crippen LogP contribution in [0.25, 0.3) is 11.3 Å². The van der Waals surface area contributed by atoms with E-state index < -0.39 is 11.6 Å². The molecule has 2 aromatic heterocycles. The third-order valence-corrected chi connectivity index (χ3v) is 6.70. The number of hydrogen-bond acceptors (Lipinski definition) is 8. The fraction of sp³-hybridized carbons (Fsp3) is 0.385. The molecule has 4 heterocycles. The van der Waals surface area contributed by atoms with Crippen molar-refractivity contribution >= 4 is 29.0 Å². The zero-order valence-corrected chi connectivity index (χ0v) is 21.2. The van der Waals surface area contributed by atoms with Gasteiger partial charge in [0.1, 0.15) is 17.3 Å². The zero-order valence-electron chi connectivity index (χ0n) is 21.2. The molecule has 0 saturated carbocycles. The van der Waals surface area contributed by atoms with E-state index in [9.17, 15) is 13.6 Å². The zero-order chi connectivity index (χ0) is 26.3. The second-order valence-corrected chi connectivity index (χ2v) is 9.67. The molecule has 37 heavy (non-hydrogen) atoms. The molecular weight excluding hydrogens is 478 g/mol. The van der Waals surface area contributed by atoms with Crippen LogP contribution >= 0.6 is 0 Å². The lowest BCUT2D eigenvalue weighted by Crippen LogP contribution is -2.52. The average Bonchev–Trinajstić information content (AvgIpc) is 3.22. The van der Waals surface area contributed by atoms with Gasteiger partial charge in [-0.05, 0) is 52.0 Å². The van der Waals surface area contributed by atoms with Crippen LogP contribution in [0.15, 0.2) is 36.7 Å². The number of halogens is 2. The normalized spacial score (nSPS) is 19.1. The van der Waals surface area contributed by atoms with Crippen molar-refractivity contribution in [3.05, 3.63) is 53.9 Å². The van der Waals surface area contributed by atoms with Gasteiger partial charge in [0, 0.05) is 43.5 Å². The van der Waals surface area contributed by atoms with E-state index in [1.54, 1.807) is 18.2 Å². The number of nitrogens with zero attached hydrogens (tertiary/aromatic N) is 5. The van der Waals surface area contributed by atoms with Crippen molar-refractivity contribution in [3.8, 4) is 11.3 Å². The number of rotatable bonds is 5. The fourth-order valence-corrected chi connectivity index (χ4v) is 4.94. The SMILES string of the molecule is CC1CNCCN1C(=O)c1ccc(Nc2ncc(F)c(-c3cc(F)c4c(c3)N(C(C)C)C(C)N4)n2)nc1. The molecule has 0 aliphatic carbocycles. The summed E-state index contributed by atoms with van der Waals surface area (Å²) in [6.45, 7) is 10.1. The molecule has 2 aliphatic rings. The highest BCUT2D eigenvalue weighted by atomic mass is 19.1. The van der Waals surface area contributed by atoms with Gasteiger partial charge in [-0.3, -0.25) is 4.79 Å². The summed E-state index contributed by atoms with van der Waals surface area (Å²) >= 11 is 0. The van der Waals surface area contributed by atoms with Gasteiger partial charge in [0.2, 0.25) is 5.95 Å². The lowest BCUT2D eigenvalue weighted by Gasteiger charge is -2.33. The number of hydrogen-bond donors (Lipinski definition) is 3. The van der Waals surface area contributed by atoms with Crippen LogP contribution in [0.5, 0.6) is 0 Å². The largest absolute Gasteiger partial charge is 0.361 e. The van der Waals surface area contributed by atoms with E-state index in [-0.39, 0.29) is 35.8 Å². The van der Waals surface area contributed by atoms with Crippen molar-refractivity contribution in [3.63, 3.8) is 0 Å². The molecule has 194 valence electrons. The number of carbonyl (C=O) groups excluding carboxylic acids is 1. The summed E-state index contributed by atoms with van der Waals surface area (Å²) in [5.74, 6) is -0.723. The molecule has 11 heteroatoms. The Morgan fingerprint density at radius 2 is 1.95 bits per heavy atom. The smallest absolute Gasteiger partial charge is 0.255 e. The Kier molecular flexibility index (Phi) is 6.63. The van der Waals surface area contributed by atoms with Crippen LogP contribution < -0.4 is 20.9 Å². The molecular formula is C26H30F2N8O. The molecule has 0 bridgehead atoms. The molecule has 2 unspecified atom stereocenters. The van der Waals surface area contributed by atoms with Gasteiger partial charge in [0.05, 0.1) is 29.3 Å². The predicted molar refractivity (Wildman–Crippen MR) is 139 cm³/mol. The summed E-state index contributed by atoms with van der Waals surface area (Å²) in [6.07, 6.45) is 2.44. The highest BCUT2D eigenvalue weighted by Crippen LogP contribution is 2.41. The average molecular weight is 509 g/mol. The first kappa shape index (κ1) is 24.8. The first-order chi connectivity index (χ1) is 17.7. The minimum atomic E-state index is -0.668. The number of amides is 1. The van der Waals surface area contributed by atoms with E-state index in [0.717, 1.165) is 19.3 Å². The number of piperazine rings is 1. The molecule has 0 radical (unpaired) electrons. The minimum absolute atomic E-state index is 0.0260. The van der Waals surface area contributed by atoms with Gasteiger partial charge in [0.25, 0.3) is 5.91 Å². The van der Waals surface area contributed by atoms with Gasteiger partial charge in [-0.2, -0.15) is 0 Å². The van der Waals surface area contributed by atoms with Crippen LogP contribution in [-0.4, -0.2) is 63.6 Å². The minimum Gasteiger partial charge on any atom is -0.361 e. The number of fused-ring (bicyclic) bond motifs is 1. The molecule has 3 aromatic rings. The van der Waals surface area contributed by atoms with Gasteiger partial charge in [0.15, 0.2) is 5.82 Å². The standard InChI is InChI=1S/C26H30F2N8O/c1-14(2)36-16(4)32-24-19(27)9-18(10-21(24)36)23-20(28)13-31-26(34-23)33-22-6-5-17(12-30-22)25(37)35-8-7-29-11-15(35)3/h5-6,9-10,12-16,29,32H,7-8,11H2,1-4H3,(H,30,31,33,34).